The van der Waals surface area contributed by atoms with Crippen LogP contribution in [0.3, 0.4) is 0 Å². The lowest BCUT2D eigenvalue weighted by atomic mass is 10.1. The van der Waals surface area contributed by atoms with E-state index in [-0.39, 0.29) is 17.0 Å². The number of aryl methyl sites for hydroxylation is 2. The molecule has 2 rings (SSSR count). The van der Waals surface area contributed by atoms with Gasteiger partial charge in [-0.2, -0.15) is 0 Å². The zero-order chi connectivity index (χ0) is 16.1. The molecule has 0 aliphatic heterocycles. The van der Waals surface area contributed by atoms with Gasteiger partial charge < -0.3 is 5.32 Å². The van der Waals surface area contributed by atoms with E-state index in [9.17, 15) is 9.59 Å². The molecule has 9 heteroatoms. The number of carbonyl (C=O) groups is 2. The van der Waals surface area contributed by atoms with Gasteiger partial charge in [0.05, 0.1) is 0 Å². The van der Waals surface area contributed by atoms with Gasteiger partial charge in [0.25, 0.3) is 5.91 Å². The van der Waals surface area contributed by atoms with Gasteiger partial charge in [-0.05, 0) is 26.7 Å². The maximum Gasteiger partial charge on any atom is 0.303 e. The number of thiazole rings is 2. The molecule has 0 aliphatic rings. The molecule has 22 heavy (non-hydrogen) atoms. The van der Waals surface area contributed by atoms with Crippen molar-refractivity contribution in [3.63, 3.8) is 0 Å². The third-order valence-electron chi connectivity index (χ3n) is 2.87. The van der Waals surface area contributed by atoms with Gasteiger partial charge in [-0.15, -0.1) is 22.7 Å². The van der Waals surface area contributed by atoms with Crippen LogP contribution in [0.1, 0.15) is 42.7 Å². The zero-order valence-corrected chi connectivity index (χ0v) is 13.8. The van der Waals surface area contributed by atoms with E-state index in [1.165, 1.54) is 22.7 Å². The van der Waals surface area contributed by atoms with Crippen LogP contribution >= 0.6 is 22.7 Å². The Bertz CT molecular complexity index is 668. The largest absolute Gasteiger partial charge is 0.348 e. The second kappa shape index (κ2) is 7.43. The fraction of sp³-hybridized carbons (Fsp3) is 0.385. The van der Waals surface area contributed by atoms with Crippen LogP contribution in [-0.4, -0.2) is 33.0 Å². The van der Waals surface area contributed by atoms with Gasteiger partial charge >= 0.3 is 5.91 Å². The topological polar surface area (TPSA) is 104 Å². The van der Waals surface area contributed by atoms with E-state index in [1.807, 2.05) is 13.8 Å². The maximum absolute atomic E-state index is 12.0. The summed E-state index contributed by atoms with van der Waals surface area (Å²) in [6.45, 7) is 3.82. The van der Waals surface area contributed by atoms with Crippen LogP contribution < -0.4 is 10.8 Å². The summed E-state index contributed by atoms with van der Waals surface area (Å²) in [5, 5.41) is 12.1. The molecule has 1 unspecified atom stereocenters. The number of hydrogen-bond acceptors (Lipinski definition) is 7. The van der Waals surface area contributed by atoms with Crippen molar-refractivity contribution in [1.82, 2.24) is 20.8 Å². The molecule has 2 aromatic heterocycles. The Morgan fingerprint density at radius 3 is 2.55 bits per heavy atom. The molecule has 0 fully saturated rings. The van der Waals surface area contributed by atoms with Crippen LogP contribution in [0.5, 0.6) is 0 Å². The van der Waals surface area contributed by atoms with Gasteiger partial charge in [-0.1, -0.05) is 0 Å². The summed E-state index contributed by atoms with van der Waals surface area (Å²) in [4.78, 5) is 33.0. The lowest BCUT2D eigenvalue weighted by Gasteiger charge is -2.11. The summed E-state index contributed by atoms with van der Waals surface area (Å²) in [5.41, 5.74) is 1.55. The van der Waals surface area contributed by atoms with E-state index in [0.717, 1.165) is 16.2 Å². The predicted molar refractivity (Wildman–Crippen MR) is 83.5 cm³/mol. The van der Waals surface area contributed by atoms with Crippen LogP contribution in [0, 0.1) is 6.92 Å². The molecule has 0 aliphatic carbocycles. The van der Waals surface area contributed by atoms with Gasteiger partial charge in [0, 0.05) is 28.2 Å². The third kappa shape index (κ3) is 4.33. The van der Waals surface area contributed by atoms with Crippen LogP contribution in [0.15, 0.2) is 12.4 Å². The quantitative estimate of drug-likeness (QED) is 0.549. The first-order chi connectivity index (χ1) is 10.5. The zero-order valence-electron chi connectivity index (χ0n) is 12.1. The highest BCUT2D eigenvalue weighted by molar-refractivity contribution is 7.13. The average molecular weight is 340 g/mol. The molecule has 118 valence electrons. The van der Waals surface area contributed by atoms with Crippen molar-refractivity contribution in [3.05, 3.63) is 32.2 Å². The van der Waals surface area contributed by atoms with Crippen molar-refractivity contribution in [2.24, 2.45) is 0 Å². The Labute approximate surface area is 135 Å². The number of amides is 2. The van der Waals surface area contributed by atoms with Crippen LogP contribution in [0.25, 0.3) is 0 Å². The maximum atomic E-state index is 12.0. The van der Waals surface area contributed by atoms with Gasteiger partial charge in [0.15, 0.2) is 10.0 Å². The molecule has 2 heterocycles. The second-order valence-electron chi connectivity index (χ2n) is 4.76. The number of nitrogens with one attached hydrogen (secondary N) is 2. The molecule has 0 radical (unpaired) electrons. The summed E-state index contributed by atoms with van der Waals surface area (Å²) in [6, 6.07) is -0.0195. The lowest BCUT2D eigenvalue weighted by molar-refractivity contribution is 0.0706. The highest BCUT2D eigenvalue weighted by Gasteiger charge is 2.14. The van der Waals surface area contributed by atoms with Crippen molar-refractivity contribution in [2.45, 2.75) is 32.7 Å². The molecule has 7 nitrogen and oxygen atoms in total. The number of aromatic nitrogens is 2. The Morgan fingerprint density at radius 1 is 1.23 bits per heavy atom. The van der Waals surface area contributed by atoms with E-state index < -0.39 is 5.91 Å². The Hall–Kier alpha value is -1.84. The summed E-state index contributed by atoms with van der Waals surface area (Å²) in [5.74, 6) is -0.785. The molecule has 1 atom stereocenters. The van der Waals surface area contributed by atoms with Crippen LogP contribution in [-0.2, 0) is 6.42 Å². The number of hydroxylamine groups is 1. The fourth-order valence-electron chi connectivity index (χ4n) is 1.75. The first kappa shape index (κ1) is 16.5. The highest BCUT2D eigenvalue weighted by atomic mass is 32.1. The first-order valence-corrected chi connectivity index (χ1v) is 8.25. The number of carbonyl (C=O) groups excluding carboxylic acids is 2. The minimum absolute atomic E-state index is 0.0195. The van der Waals surface area contributed by atoms with E-state index >= 15 is 0 Å². The molecular formula is C13H16N4O3S2. The first-order valence-electron chi connectivity index (χ1n) is 6.62. The monoisotopic (exact) mass is 340 g/mol. The molecule has 0 saturated carbocycles. The molecule has 0 bridgehead atoms. The van der Waals surface area contributed by atoms with E-state index in [1.54, 1.807) is 17.9 Å². The molecule has 3 N–H and O–H groups in total. The van der Waals surface area contributed by atoms with Gasteiger partial charge in [0.1, 0.15) is 0 Å². The third-order valence-corrected chi connectivity index (χ3v) is 4.83. The van der Waals surface area contributed by atoms with Gasteiger partial charge in [-0.3, -0.25) is 14.8 Å². The minimum atomic E-state index is -0.614. The van der Waals surface area contributed by atoms with Crippen molar-refractivity contribution >= 4 is 34.5 Å². The second-order valence-corrected chi connectivity index (χ2v) is 7.11. The van der Waals surface area contributed by atoms with Crippen LogP contribution in [0.4, 0.5) is 0 Å². The summed E-state index contributed by atoms with van der Waals surface area (Å²) in [7, 11) is 0. The molecule has 0 spiro atoms. The van der Waals surface area contributed by atoms with Crippen LogP contribution in [0.2, 0.25) is 0 Å². The van der Waals surface area contributed by atoms with Gasteiger partial charge in [0.2, 0.25) is 0 Å². The Morgan fingerprint density at radius 2 is 1.91 bits per heavy atom. The van der Waals surface area contributed by atoms with E-state index in [4.69, 9.17) is 5.21 Å². The van der Waals surface area contributed by atoms with Crippen molar-refractivity contribution < 1.29 is 14.8 Å². The standard InChI is InChI=1S/C13H16N4O3S2/c1-7(16-10(18)12-14-5-8(2)21-12)3-4-9-6-15-13(22-9)11(19)17-20/h5-7,20H,3-4H2,1-2H3,(H,16,18)(H,17,19). The molecule has 0 aromatic carbocycles. The Balaban J connectivity index is 1.82. The van der Waals surface area contributed by atoms with E-state index in [0.29, 0.717) is 11.4 Å². The fourth-order valence-corrected chi connectivity index (χ4v) is 3.24. The van der Waals surface area contributed by atoms with Crippen molar-refractivity contribution in [2.75, 3.05) is 0 Å². The number of hydrogen-bond donors (Lipinski definition) is 3. The lowest BCUT2D eigenvalue weighted by Crippen LogP contribution is -2.32. The average Bonchev–Trinajstić information content (AvgIpc) is 3.13. The molecule has 2 aromatic rings. The highest BCUT2D eigenvalue weighted by Crippen LogP contribution is 2.16. The predicted octanol–water partition coefficient (Wildman–Crippen LogP) is 1.78. The normalized spacial score (nSPS) is 12.0. The molecule has 0 saturated heterocycles. The van der Waals surface area contributed by atoms with E-state index in [2.05, 4.69) is 15.3 Å². The van der Waals surface area contributed by atoms with Crippen molar-refractivity contribution in [1.29, 1.82) is 0 Å². The number of nitrogens with zero attached hydrogens (tertiary/aromatic N) is 2. The van der Waals surface area contributed by atoms with Gasteiger partial charge in [-0.25, -0.2) is 15.4 Å². The minimum Gasteiger partial charge on any atom is -0.348 e. The number of rotatable bonds is 6. The summed E-state index contributed by atoms with van der Waals surface area (Å²) in [6.07, 6.45) is 4.69. The Kier molecular flexibility index (Phi) is 5.58. The molecular weight excluding hydrogens is 324 g/mol. The summed E-state index contributed by atoms with van der Waals surface area (Å²) < 4.78 is 0. The SMILES string of the molecule is Cc1cnc(C(=O)NC(C)CCc2cnc(C(=O)NO)s2)s1. The summed E-state index contributed by atoms with van der Waals surface area (Å²) >= 11 is 2.58. The smallest absolute Gasteiger partial charge is 0.303 e. The van der Waals surface area contributed by atoms with Crippen molar-refractivity contribution in [3.8, 4) is 0 Å². The molecule has 2 amide bonds.